The molecule has 1 N–H and O–H groups in total. The molecule has 0 aromatic rings. The van der Waals surface area contributed by atoms with Crippen LogP contribution in [0, 0.1) is 0 Å². The van der Waals surface area contributed by atoms with E-state index in [1.807, 2.05) is 0 Å². The highest BCUT2D eigenvalue weighted by atomic mass is 16.4. The molecule has 0 spiro atoms. The van der Waals surface area contributed by atoms with Gasteiger partial charge in [-0.25, -0.2) is 4.79 Å². The van der Waals surface area contributed by atoms with Gasteiger partial charge in [0.2, 0.25) is 11.8 Å². The van der Waals surface area contributed by atoms with Gasteiger partial charge in [0.05, 0.1) is 6.54 Å². The number of carbonyl (C=O) groups excluding carboxylic acids is 2. The van der Waals surface area contributed by atoms with Crippen molar-refractivity contribution in [3.63, 3.8) is 0 Å². The van der Waals surface area contributed by atoms with Gasteiger partial charge in [0, 0.05) is 19.5 Å². The summed E-state index contributed by atoms with van der Waals surface area (Å²) in [6.07, 6.45) is 3.52. The fourth-order valence-electron chi connectivity index (χ4n) is 2.60. The zero-order valence-electron chi connectivity index (χ0n) is 10.3. The van der Waals surface area contributed by atoms with Gasteiger partial charge in [-0.3, -0.25) is 9.59 Å². The molecule has 0 saturated carbocycles. The fraction of sp³-hybridized carbons (Fsp3) is 0.750. The molecular weight excluding hydrogens is 236 g/mol. The number of carboxylic acids is 1. The van der Waals surface area contributed by atoms with Crippen molar-refractivity contribution in [2.24, 2.45) is 0 Å². The van der Waals surface area contributed by atoms with Gasteiger partial charge in [-0.1, -0.05) is 0 Å². The molecule has 100 valence electrons. The summed E-state index contributed by atoms with van der Waals surface area (Å²) in [6.45, 7) is 1.12. The summed E-state index contributed by atoms with van der Waals surface area (Å²) in [5, 5.41) is 9.02. The van der Waals surface area contributed by atoms with Gasteiger partial charge in [-0.05, 0) is 25.7 Å². The summed E-state index contributed by atoms with van der Waals surface area (Å²) < 4.78 is 0. The van der Waals surface area contributed by atoms with Crippen LogP contribution in [-0.4, -0.2) is 58.4 Å². The number of likely N-dealkylation sites (tertiary alicyclic amines) is 2. The predicted molar refractivity (Wildman–Crippen MR) is 62.8 cm³/mol. The highest BCUT2D eigenvalue weighted by Crippen LogP contribution is 2.18. The molecule has 0 radical (unpaired) electrons. The molecule has 0 unspecified atom stereocenters. The molecule has 2 saturated heterocycles. The second kappa shape index (κ2) is 5.37. The number of hydrogen-bond donors (Lipinski definition) is 1. The van der Waals surface area contributed by atoms with Crippen LogP contribution in [0.25, 0.3) is 0 Å². The van der Waals surface area contributed by atoms with Gasteiger partial charge in [0.15, 0.2) is 0 Å². The predicted octanol–water partition coefficient (Wildman–Crippen LogP) is 0.0745. The highest BCUT2D eigenvalue weighted by Gasteiger charge is 2.35. The Labute approximate surface area is 106 Å². The average Bonchev–Trinajstić information content (AvgIpc) is 2.81. The average molecular weight is 254 g/mol. The lowest BCUT2D eigenvalue weighted by Gasteiger charge is -2.29. The van der Waals surface area contributed by atoms with E-state index in [4.69, 9.17) is 5.11 Å². The number of aliphatic carboxylic acids is 1. The van der Waals surface area contributed by atoms with E-state index in [9.17, 15) is 14.4 Å². The Balaban J connectivity index is 1.94. The van der Waals surface area contributed by atoms with Crippen LogP contribution in [0.3, 0.4) is 0 Å². The number of amides is 2. The normalized spacial score (nSPS) is 24.4. The molecule has 0 aromatic heterocycles. The lowest BCUT2D eigenvalue weighted by Crippen LogP contribution is -2.48. The molecule has 0 bridgehead atoms. The molecule has 6 heteroatoms. The smallest absolute Gasteiger partial charge is 0.326 e. The van der Waals surface area contributed by atoms with Crippen LogP contribution in [0.15, 0.2) is 0 Å². The van der Waals surface area contributed by atoms with Crippen LogP contribution in [0.2, 0.25) is 0 Å². The summed E-state index contributed by atoms with van der Waals surface area (Å²) in [6, 6.07) is -0.711. The Hall–Kier alpha value is -1.59. The van der Waals surface area contributed by atoms with Crippen molar-refractivity contribution in [3.05, 3.63) is 0 Å². The number of piperidine rings is 1. The highest BCUT2D eigenvalue weighted by molar-refractivity contribution is 5.88. The third kappa shape index (κ3) is 2.63. The molecule has 2 heterocycles. The minimum atomic E-state index is -0.953. The molecule has 18 heavy (non-hydrogen) atoms. The largest absolute Gasteiger partial charge is 0.480 e. The van der Waals surface area contributed by atoms with Gasteiger partial charge in [-0.15, -0.1) is 0 Å². The Morgan fingerprint density at radius 2 is 2.00 bits per heavy atom. The third-order valence-corrected chi connectivity index (χ3v) is 3.61. The second-order valence-corrected chi connectivity index (χ2v) is 4.86. The monoisotopic (exact) mass is 254 g/mol. The van der Waals surface area contributed by atoms with Crippen molar-refractivity contribution < 1.29 is 19.5 Å². The van der Waals surface area contributed by atoms with Gasteiger partial charge in [-0.2, -0.15) is 0 Å². The van der Waals surface area contributed by atoms with Gasteiger partial charge in [0.1, 0.15) is 6.04 Å². The van der Waals surface area contributed by atoms with Gasteiger partial charge >= 0.3 is 5.97 Å². The molecular formula is C12H18N2O4. The molecule has 2 rings (SSSR count). The molecule has 0 aliphatic carbocycles. The number of nitrogens with zero attached hydrogens (tertiary/aromatic N) is 2. The Morgan fingerprint density at radius 3 is 2.67 bits per heavy atom. The van der Waals surface area contributed by atoms with E-state index >= 15 is 0 Å². The number of carboxylic acid groups (broad SMARTS) is 1. The quantitative estimate of drug-likeness (QED) is 0.773. The van der Waals surface area contributed by atoms with Crippen LogP contribution in [0.4, 0.5) is 0 Å². The summed E-state index contributed by atoms with van der Waals surface area (Å²) in [5.74, 6) is -1.19. The van der Waals surface area contributed by atoms with Crippen molar-refractivity contribution in [3.8, 4) is 0 Å². The summed E-state index contributed by atoms with van der Waals surface area (Å²) in [4.78, 5) is 37.6. The standard InChI is InChI=1S/C12H18N2O4/c15-10-5-1-2-6-13(10)8-11(16)14-7-3-4-9(14)12(17)18/h9H,1-8H2,(H,17,18)/t9-/m1/s1. The van der Waals surface area contributed by atoms with E-state index in [1.165, 1.54) is 4.90 Å². The molecule has 1 atom stereocenters. The minimum Gasteiger partial charge on any atom is -0.480 e. The zero-order valence-corrected chi connectivity index (χ0v) is 10.3. The van der Waals surface area contributed by atoms with E-state index in [0.717, 1.165) is 19.3 Å². The third-order valence-electron chi connectivity index (χ3n) is 3.61. The van der Waals surface area contributed by atoms with Crippen molar-refractivity contribution in [2.45, 2.75) is 38.1 Å². The van der Waals surface area contributed by atoms with Crippen LogP contribution in [-0.2, 0) is 14.4 Å². The molecule has 6 nitrogen and oxygen atoms in total. The van der Waals surface area contributed by atoms with Crippen LogP contribution in [0.1, 0.15) is 32.1 Å². The Kier molecular flexibility index (Phi) is 3.84. The fourth-order valence-corrected chi connectivity index (χ4v) is 2.60. The second-order valence-electron chi connectivity index (χ2n) is 4.86. The first kappa shape index (κ1) is 12.9. The van der Waals surface area contributed by atoms with Gasteiger partial charge in [0.25, 0.3) is 0 Å². The van der Waals surface area contributed by atoms with E-state index in [0.29, 0.717) is 25.9 Å². The molecule has 2 aliphatic rings. The summed E-state index contributed by atoms with van der Waals surface area (Å²) >= 11 is 0. The van der Waals surface area contributed by atoms with E-state index in [1.54, 1.807) is 4.90 Å². The maximum Gasteiger partial charge on any atom is 0.326 e. The Bertz CT molecular complexity index is 369. The van der Waals surface area contributed by atoms with Crippen molar-refractivity contribution >= 4 is 17.8 Å². The number of carbonyl (C=O) groups is 3. The maximum atomic E-state index is 12.0. The van der Waals surface area contributed by atoms with Crippen LogP contribution < -0.4 is 0 Å². The number of hydrogen-bond acceptors (Lipinski definition) is 3. The Morgan fingerprint density at radius 1 is 1.22 bits per heavy atom. The zero-order chi connectivity index (χ0) is 13.1. The topological polar surface area (TPSA) is 77.9 Å². The van der Waals surface area contributed by atoms with Crippen LogP contribution >= 0.6 is 0 Å². The first-order valence-corrected chi connectivity index (χ1v) is 6.39. The van der Waals surface area contributed by atoms with Crippen LogP contribution in [0.5, 0.6) is 0 Å². The van der Waals surface area contributed by atoms with Crippen molar-refractivity contribution in [2.75, 3.05) is 19.6 Å². The minimum absolute atomic E-state index is 0.000622. The molecule has 2 amide bonds. The maximum absolute atomic E-state index is 12.0. The van der Waals surface area contributed by atoms with E-state index in [-0.39, 0.29) is 18.4 Å². The van der Waals surface area contributed by atoms with Crippen molar-refractivity contribution in [1.29, 1.82) is 0 Å². The lowest BCUT2D eigenvalue weighted by atomic mass is 10.1. The van der Waals surface area contributed by atoms with Crippen molar-refractivity contribution in [1.82, 2.24) is 9.80 Å². The van der Waals surface area contributed by atoms with Gasteiger partial charge < -0.3 is 14.9 Å². The lowest BCUT2D eigenvalue weighted by molar-refractivity contribution is -0.150. The SMILES string of the molecule is O=C(O)[C@H]1CCCN1C(=O)CN1CCCCC1=O. The first-order valence-electron chi connectivity index (χ1n) is 6.39. The van der Waals surface area contributed by atoms with E-state index < -0.39 is 12.0 Å². The molecule has 0 aromatic carbocycles. The van der Waals surface area contributed by atoms with E-state index in [2.05, 4.69) is 0 Å². The molecule has 2 fully saturated rings. The molecule has 2 aliphatic heterocycles. The number of rotatable bonds is 3. The summed E-state index contributed by atoms with van der Waals surface area (Å²) in [5.41, 5.74) is 0. The summed E-state index contributed by atoms with van der Waals surface area (Å²) in [7, 11) is 0. The first-order chi connectivity index (χ1) is 8.59.